The fraction of sp³-hybridized carbons (Fsp3) is 0.929. The maximum Gasteiger partial charge on any atom is 0.322 e. The molecule has 0 aliphatic heterocycles. The Morgan fingerprint density at radius 3 is 2.33 bits per heavy atom. The van der Waals surface area contributed by atoms with Gasteiger partial charge in [-0.3, -0.25) is 9.69 Å². The fourth-order valence-corrected chi connectivity index (χ4v) is 2.13. The van der Waals surface area contributed by atoms with Gasteiger partial charge in [-0.15, -0.1) is 0 Å². The van der Waals surface area contributed by atoms with Crippen molar-refractivity contribution in [3.05, 3.63) is 0 Å². The van der Waals surface area contributed by atoms with Gasteiger partial charge in [-0.05, 0) is 31.7 Å². The Kier molecular flexibility index (Phi) is 6.09. The van der Waals surface area contributed by atoms with Gasteiger partial charge in [-0.25, -0.2) is 0 Å². The first-order valence-electron chi connectivity index (χ1n) is 7.13. The van der Waals surface area contributed by atoms with Crippen molar-refractivity contribution in [3.8, 4) is 0 Å². The quantitative estimate of drug-likeness (QED) is 0.662. The van der Waals surface area contributed by atoms with Crippen LogP contribution in [0.3, 0.4) is 0 Å². The highest BCUT2D eigenvalue weighted by atomic mass is 16.4. The summed E-state index contributed by atoms with van der Waals surface area (Å²) in [7, 11) is 0. The molecule has 4 nitrogen and oxygen atoms in total. The second-order valence-electron chi connectivity index (χ2n) is 6.12. The predicted octanol–water partition coefficient (Wildman–Crippen LogP) is 1.95. The van der Waals surface area contributed by atoms with Crippen LogP contribution in [0.15, 0.2) is 0 Å². The Labute approximate surface area is 111 Å². The van der Waals surface area contributed by atoms with E-state index in [9.17, 15) is 9.90 Å². The summed E-state index contributed by atoms with van der Waals surface area (Å²) in [6, 6.07) is 0.384. The lowest BCUT2D eigenvalue weighted by molar-refractivity contribution is -0.140. The summed E-state index contributed by atoms with van der Waals surface area (Å²) in [6.07, 6.45) is 3.60. The zero-order valence-electron chi connectivity index (χ0n) is 12.1. The van der Waals surface area contributed by atoms with Crippen LogP contribution in [0.25, 0.3) is 0 Å². The van der Waals surface area contributed by atoms with E-state index in [1.165, 1.54) is 12.8 Å². The molecule has 1 unspecified atom stereocenters. The second kappa shape index (κ2) is 7.10. The molecule has 4 heteroatoms. The number of nitrogens with one attached hydrogen (secondary N) is 1. The van der Waals surface area contributed by atoms with Crippen LogP contribution >= 0.6 is 0 Å². The van der Waals surface area contributed by atoms with E-state index < -0.39 is 12.0 Å². The smallest absolute Gasteiger partial charge is 0.322 e. The molecule has 1 atom stereocenters. The van der Waals surface area contributed by atoms with Gasteiger partial charge in [0, 0.05) is 18.6 Å². The molecule has 0 heterocycles. The number of rotatable bonds is 9. The minimum absolute atomic E-state index is 0.206. The summed E-state index contributed by atoms with van der Waals surface area (Å²) in [6.45, 7) is 10.1. The first-order chi connectivity index (χ1) is 8.40. The normalized spacial score (nSPS) is 17.7. The zero-order valence-corrected chi connectivity index (χ0v) is 12.1. The molecule has 0 aromatic heterocycles. The highest BCUT2D eigenvalue weighted by molar-refractivity contribution is 5.73. The van der Waals surface area contributed by atoms with Crippen molar-refractivity contribution in [1.29, 1.82) is 0 Å². The third-order valence-electron chi connectivity index (χ3n) is 3.31. The molecule has 0 bridgehead atoms. The van der Waals surface area contributed by atoms with E-state index >= 15 is 0 Å². The standard InChI is InChI=1S/C14H28N2O2/c1-10(2)7-8-16(12-5-6-12)9-13(14(17)18)15-11(3)4/h10-13,15H,5-9H2,1-4H3,(H,17,18). The van der Waals surface area contributed by atoms with Crippen LogP contribution in [0.5, 0.6) is 0 Å². The van der Waals surface area contributed by atoms with Gasteiger partial charge in [0.2, 0.25) is 0 Å². The van der Waals surface area contributed by atoms with Gasteiger partial charge in [0.15, 0.2) is 0 Å². The minimum Gasteiger partial charge on any atom is -0.480 e. The summed E-state index contributed by atoms with van der Waals surface area (Å²) in [5.74, 6) is -0.0634. The molecule has 0 spiro atoms. The Balaban J connectivity index is 2.48. The Hall–Kier alpha value is -0.610. The van der Waals surface area contributed by atoms with Gasteiger partial charge >= 0.3 is 5.97 Å². The molecule has 106 valence electrons. The van der Waals surface area contributed by atoms with Crippen molar-refractivity contribution < 1.29 is 9.90 Å². The van der Waals surface area contributed by atoms with E-state index in [-0.39, 0.29) is 6.04 Å². The first-order valence-corrected chi connectivity index (χ1v) is 7.13. The lowest BCUT2D eigenvalue weighted by atomic mass is 10.1. The van der Waals surface area contributed by atoms with Crippen LogP contribution < -0.4 is 5.32 Å². The Morgan fingerprint density at radius 1 is 1.33 bits per heavy atom. The maximum atomic E-state index is 11.3. The summed E-state index contributed by atoms with van der Waals surface area (Å²) < 4.78 is 0. The molecule has 0 aromatic carbocycles. The number of carboxylic acid groups (broad SMARTS) is 1. The summed E-state index contributed by atoms with van der Waals surface area (Å²) >= 11 is 0. The molecule has 1 rings (SSSR count). The molecular weight excluding hydrogens is 228 g/mol. The minimum atomic E-state index is -0.737. The predicted molar refractivity (Wildman–Crippen MR) is 73.7 cm³/mol. The molecule has 1 saturated carbocycles. The number of nitrogens with zero attached hydrogens (tertiary/aromatic N) is 1. The molecule has 1 fully saturated rings. The molecule has 0 aromatic rings. The summed E-state index contributed by atoms with van der Waals surface area (Å²) in [4.78, 5) is 13.6. The lowest BCUT2D eigenvalue weighted by Gasteiger charge is -2.27. The van der Waals surface area contributed by atoms with E-state index in [2.05, 4.69) is 24.1 Å². The van der Waals surface area contributed by atoms with Crippen LogP contribution in [0.4, 0.5) is 0 Å². The van der Waals surface area contributed by atoms with Crippen molar-refractivity contribution >= 4 is 5.97 Å². The van der Waals surface area contributed by atoms with Crippen LogP contribution in [-0.4, -0.2) is 47.2 Å². The summed E-state index contributed by atoms with van der Waals surface area (Å²) in [5, 5.41) is 12.4. The van der Waals surface area contributed by atoms with Gasteiger partial charge in [0.1, 0.15) is 6.04 Å². The van der Waals surface area contributed by atoms with Gasteiger partial charge in [0.25, 0.3) is 0 Å². The largest absolute Gasteiger partial charge is 0.480 e. The zero-order chi connectivity index (χ0) is 13.7. The number of carbonyl (C=O) groups is 1. The molecule has 1 aliphatic carbocycles. The Morgan fingerprint density at radius 2 is 1.94 bits per heavy atom. The van der Waals surface area contributed by atoms with E-state index in [1.54, 1.807) is 0 Å². The van der Waals surface area contributed by atoms with E-state index in [0.717, 1.165) is 13.0 Å². The SMILES string of the molecule is CC(C)CCN(CC(NC(C)C)C(=O)O)C1CC1. The van der Waals surface area contributed by atoms with E-state index in [0.29, 0.717) is 18.5 Å². The number of hydrogen-bond donors (Lipinski definition) is 2. The van der Waals surface area contributed by atoms with Gasteiger partial charge in [-0.1, -0.05) is 27.7 Å². The summed E-state index contributed by atoms with van der Waals surface area (Å²) in [5.41, 5.74) is 0. The van der Waals surface area contributed by atoms with Crippen LogP contribution in [-0.2, 0) is 4.79 Å². The molecular formula is C14H28N2O2. The monoisotopic (exact) mass is 256 g/mol. The fourth-order valence-electron chi connectivity index (χ4n) is 2.13. The van der Waals surface area contributed by atoms with Crippen LogP contribution in [0.2, 0.25) is 0 Å². The molecule has 0 radical (unpaired) electrons. The number of carboxylic acids is 1. The molecule has 0 amide bonds. The van der Waals surface area contributed by atoms with Gasteiger partial charge in [0.05, 0.1) is 0 Å². The highest BCUT2D eigenvalue weighted by Crippen LogP contribution is 2.27. The van der Waals surface area contributed by atoms with E-state index in [1.807, 2.05) is 13.8 Å². The van der Waals surface area contributed by atoms with E-state index in [4.69, 9.17) is 0 Å². The third-order valence-corrected chi connectivity index (χ3v) is 3.31. The van der Waals surface area contributed by atoms with Gasteiger partial charge in [-0.2, -0.15) is 0 Å². The molecule has 0 saturated heterocycles. The topological polar surface area (TPSA) is 52.6 Å². The van der Waals surface area contributed by atoms with Crippen molar-refractivity contribution in [1.82, 2.24) is 10.2 Å². The van der Waals surface area contributed by atoms with Crippen LogP contribution in [0, 0.1) is 5.92 Å². The highest BCUT2D eigenvalue weighted by Gasteiger charge is 2.32. The Bertz CT molecular complexity index is 263. The second-order valence-corrected chi connectivity index (χ2v) is 6.12. The molecule has 18 heavy (non-hydrogen) atoms. The first kappa shape index (κ1) is 15.4. The number of hydrogen-bond acceptors (Lipinski definition) is 3. The average molecular weight is 256 g/mol. The van der Waals surface area contributed by atoms with Crippen molar-refractivity contribution in [2.75, 3.05) is 13.1 Å². The van der Waals surface area contributed by atoms with Crippen molar-refractivity contribution in [2.24, 2.45) is 5.92 Å². The lowest BCUT2D eigenvalue weighted by Crippen LogP contribution is -2.49. The number of aliphatic carboxylic acids is 1. The van der Waals surface area contributed by atoms with Crippen molar-refractivity contribution in [3.63, 3.8) is 0 Å². The molecule has 2 N–H and O–H groups in total. The van der Waals surface area contributed by atoms with Crippen molar-refractivity contribution in [2.45, 2.75) is 65.1 Å². The average Bonchev–Trinajstić information content (AvgIpc) is 3.04. The molecule has 1 aliphatic rings. The van der Waals surface area contributed by atoms with Crippen LogP contribution in [0.1, 0.15) is 47.0 Å². The maximum absolute atomic E-state index is 11.3. The third kappa shape index (κ3) is 5.83. The van der Waals surface area contributed by atoms with Gasteiger partial charge < -0.3 is 10.4 Å².